The molecule has 3 N–H and O–H groups in total. The molecule has 2 amide bonds. The molecule has 0 saturated carbocycles. The fourth-order valence-corrected chi connectivity index (χ4v) is 1.51. The van der Waals surface area contributed by atoms with Gasteiger partial charge in [-0.05, 0) is 30.7 Å². The Morgan fingerprint density at radius 2 is 2.00 bits per heavy atom. The van der Waals surface area contributed by atoms with E-state index in [-0.39, 0.29) is 6.42 Å². The first-order valence-corrected chi connectivity index (χ1v) is 5.99. The van der Waals surface area contributed by atoms with Gasteiger partial charge in [-0.3, -0.25) is 0 Å². The minimum atomic E-state index is -1.10. The fourth-order valence-electron chi connectivity index (χ4n) is 1.25. The van der Waals surface area contributed by atoms with Gasteiger partial charge in [0.1, 0.15) is 6.04 Å². The third-order valence-corrected chi connectivity index (χ3v) is 2.64. The normalized spacial score (nSPS) is 11.4. The molecule has 0 aromatic heterocycles. The molecule has 0 saturated heterocycles. The molecule has 0 heterocycles. The number of carbonyl (C=O) groups is 2. The van der Waals surface area contributed by atoms with E-state index in [0.29, 0.717) is 5.69 Å². The largest absolute Gasteiger partial charge is 0.480 e. The van der Waals surface area contributed by atoms with E-state index in [1.807, 2.05) is 0 Å². The van der Waals surface area contributed by atoms with Crippen LogP contribution in [0.3, 0.4) is 0 Å². The monoisotopic (exact) mass is 312 g/mol. The SMILES string of the molecule is C=CCC(NC(=O)Nc1ccc(Br)cc1)C(=O)O. The molecule has 96 valence electrons. The molecule has 0 aliphatic heterocycles. The molecule has 0 fully saturated rings. The third-order valence-electron chi connectivity index (χ3n) is 2.11. The number of aliphatic carboxylic acids is 1. The van der Waals surface area contributed by atoms with Crippen LogP contribution in [-0.4, -0.2) is 23.1 Å². The van der Waals surface area contributed by atoms with Crippen molar-refractivity contribution >= 4 is 33.6 Å². The number of hydrogen-bond acceptors (Lipinski definition) is 2. The number of halogens is 1. The summed E-state index contributed by atoms with van der Waals surface area (Å²) >= 11 is 3.27. The Bertz CT molecular complexity index is 445. The van der Waals surface area contributed by atoms with Gasteiger partial charge in [0.25, 0.3) is 0 Å². The smallest absolute Gasteiger partial charge is 0.326 e. The summed E-state index contributed by atoms with van der Waals surface area (Å²) in [6, 6.07) is 5.41. The van der Waals surface area contributed by atoms with Crippen LogP contribution in [0.1, 0.15) is 6.42 Å². The van der Waals surface area contributed by atoms with E-state index in [1.54, 1.807) is 24.3 Å². The van der Waals surface area contributed by atoms with Crippen molar-refractivity contribution in [3.8, 4) is 0 Å². The number of hydrogen-bond donors (Lipinski definition) is 3. The standard InChI is InChI=1S/C12H13BrN2O3/c1-2-3-10(11(16)17)15-12(18)14-9-6-4-8(13)5-7-9/h2,4-7,10H,1,3H2,(H,16,17)(H2,14,15,18). The van der Waals surface area contributed by atoms with Crippen LogP contribution in [0, 0.1) is 0 Å². The molecule has 0 spiro atoms. The predicted octanol–water partition coefficient (Wildman–Crippen LogP) is 2.60. The molecule has 0 aliphatic carbocycles. The van der Waals surface area contributed by atoms with E-state index in [2.05, 4.69) is 33.1 Å². The highest BCUT2D eigenvalue weighted by molar-refractivity contribution is 9.10. The number of urea groups is 1. The van der Waals surface area contributed by atoms with Gasteiger partial charge < -0.3 is 15.7 Å². The number of benzene rings is 1. The Labute approximate surface area is 113 Å². The van der Waals surface area contributed by atoms with Crippen molar-refractivity contribution in [2.75, 3.05) is 5.32 Å². The Morgan fingerprint density at radius 3 is 2.50 bits per heavy atom. The Hall–Kier alpha value is -1.82. The Balaban J connectivity index is 2.57. The first kappa shape index (κ1) is 14.2. The van der Waals surface area contributed by atoms with Crippen LogP contribution >= 0.6 is 15.9 Å². The second-order valence-electron chi connectivity index (χ2n) is 3.52. The summed E-state index contributed by atoms with van der Waals surface area (Å²) in [6.45, 7) is 3.44. The molecule has 0 radical (unpaired) electrons. The molecule has 1 unspecified atom stereocenters. The number of anilines is 1. The van der Waals surface area contributed by atoms with Gasteiger partial charge in [0.05, 0.1) is 0 Å². The van der Waals surface area contributed by atoms with E-state index in [9.17, 15) is 9.59 Å². The van der Waals surface area contributed by atoms with Crippen molar-refractivity contribution in [1.82, 2.24) is 5.32 Å². The maximum atomic E-state index is 11.6. The maximum absolute atomic E-state index is 11.6. The van der Waals surface area contributed by atoms with E-state index in [1.165, 1.54) is 6.08 Å². The molecule has 0 aliphatic rings. The summed E-state index contributed by atoms with van der Waals surface area (Å²) in [5.41, 5.74) is 0.582. The van der Waals surface area contributed by atoms with Crippen LogP contribution < -0.4 is 10.6 Å². The molecule has 6 heteroatoms. The lowest BCUT2D eigenvalue weighted by Gasteiger charge is -2.13. The number of carbonyl (C=O) groups excluding carboxylic acids is 1. The van der Waals surface area contributed by atoms with Crippen LogP contribution in [0.4, 0.5) is 10.5 Å². The number of nitrogens with one attached hydrogen (secondary N) is 2. The molecule has 0 bridgehead atoms. The molecule has 1 aromatic carbocycles. The average Bonchev–Trinajstić information content (AvgIpc) is 2.31. The maximum Gasteiger partial charge on any atom is 0.326 e. The molecular weight excluding hydrogens is 300 g/mol. The van der Waals surface area contributed by atoms with Gasteiger partial charge in [-0.1, -0.05) is 22.0 Å². The minimum absolute atomic E-state index is 0.170. The highest BCUT2D eigenvalue weighted by Crippen LogP contribution is 2.13. The number of carboxylic acids is 1. The topological polar surface area (TPSA) is 78.4 Å². The summed E-state index contributed by atoms with van der Waals surface area (Å²) < 4.78 is 0.892. The summed E-state index contributed by atoms with van der Waals surface area (Å²) in [4.78, 5) is 22.4. The second-order valence-corrected chi connectivity index (χ2v) is 4.44. The average molecular weight is 313 g/mol. The molecule has 1 atom stereocenters. The summed E-state index contributed by atoms with van der Waals surface area (Å²) in [7, 11) is 0. The number of rotatable bonds is 5. The summed E-state index contributed by atoms with van der Waals surface area (Å²) in [6.07, 6.45) is 1.61. The van der Waals surface area contributed by atoms with Crippen molar-refractivity contribution in [2.24, 2.45) is 0 Å². The van der Waals surface area contributed by atoms with Crippen molar-refractivity contribution in [3.63, 3.8) is 0 Å². The fraction of sp³-hybridized carbons (Fsp3) is 0.167. The first-order chi connectivity index (χ1) is 8.52. The number of amides is 2. The van der Waals surface area contributed by atoms with Gasteiger partial charge in [-0.15, -0.1) is 6.58 Å². The summed E-state index contributed by atoms with van der Waals surface area (Å²) in [5, 5.41) is 13.8. The van der Waals surface area contributed by atoms with Crippen LogP contribution in [0.5, 0.6) is 0 Å². The van der Waals surface area contributed by atoms with Gasteiger partial charge in [0.2, 0.25) is 0 Å². The minimum Gasteiger partial charge on any atom is -0.480 e. The lowest BCUT2D eigenvalue weighted by molar-refractivity contribution is -0.139. The van der Waals surface area contributed by atoms with Gasteiger partial charge >= 0.3 is 12.0 Å². The molecule has 1 aromatic rings. The van der Waals surface area contributed by atoms with E-state index >= 15 is 0 Å². The number of carboxylic acid groups (broad SMARTS) is 1. The zero-order valence-electron chi connectivity index (χ0n) is 9.52. The van der Waals surface area contributed by atoms with Crippen LogP contribution in [0.2, 0.25) is 0 Å². The van der Waals surface area contributed by atoms with Gasteiger partial charge in [-0.2, -0.15) is 0 Å². The Kier molecular flexibility index (Phi) is 5.38. The molecule has 5 nitrogen and oxygen atoms in total. The predicted molar refractivity (Wildman–Crippen MR) is 72.5 cm³/mol. The van der Waals surface area contributed by atoms with Gasteiger partial charge in [0.15, 0.2) is 0 Å². The summed E-state index contributed by atoms with van der Waals surface area (Å²) in [5.74, 6) is -1.10. The zero-order chi connectivity index (χ0) is 13.5. The Morgan fingerprint density at radius 1 is 1.39 bits per heavy atom. The van der Waals surface area contributed by atoms with Crippen LogP contribution in [0.25, 0.3) is 0 Å². The second kappa shape index (κ2) is 6.80. The van der Waals surface area contributed by atoms with Gasteiger partial charge in [-0.25, -0.2) is 9.59 Å². The molecule has 1 rings (SSSR count). The highest BCUT2D eigenvalue weighted by Gasteiger charge is 2.17. The van der Waals surface area contributed by atoms with E-state index < -0.39 is 18.0 Å². The first-order valence-electron chi connectivity index (χ1n) is 5.19. The van der Waals surface area contributed by atoms with E-state index in [0.717, 1.165) is 4.47 Å². The highest BCUT2D eigenvalue weighted by atomic mass is 79.9. The molecular formula is C12H13BrN2O3. The van der Waals surface area contributed by atoms with Crippen LogP contribution in [-0.2, 0) is 4.79 Å². The lowest BCUT2D eigenvalue weighted by atomic mass is 10.2. The van der Waals surface area contributed by atoms with Gasteiger partial charge in [0, 0.05) is 10.2 Å². The van der Waals surface area contributed by atoms with Crippen LogP contribution in [0.15, 0.2) is 41.4 Å². The lowest BCUT2D eigenvalue weighted by Crippen LogP contribution is -2.42. The van der Waals surface area contributed by atoms with Crippen molar-refractivity contribution in [1.29, 1.82) is 0 Å². The zero-order valence-corrected chi connectivity index (χ0v) is 11.1. The van der Waals surface area contributed by atoms with Crippen molar-refractivity contribution in [3.05, 3.63) is 41.4 Å². The molecule has 18 heavy (non-hydrogen) atoms. The van der Waals surface area contributed by atoms with Crippen molar-refractivity contribution < 1.29 is 14.7 Å². The van der Waals surface area contributed by atoms with E-state index in [4.69, 9.17) is 5.11 Å². The quantitative estimate of drug-likeness (QED) is 0.731. The van der Waals surface area contributed by atoms with Crippen molar-refractivity contribution in [2.45, 2.75) is 12.5 Å². The third kappa shape index (κ3) is 4.58.